The molecule has 3 unspecified atom stereocenters. The molecule has 1 saturated carbocycles. The molecule has 2 aliphatic rings. The lowest BCUT2D eigenvalue weighted by molar-refractivity contribution is -0.142. The summed E-state index contributed by atoms with van der Waals surface area (Å²) in [6.07, 6.45) is 3.34. The molecule has 3 atom stereocenters. The molecule has 2 rings (SSSR count). The van der Waals surface area contributed by atoms with Crippen LogP contribution in [0.15, 0.2) is 0 Å². The van der Waals surface area contributed by atoms with Crippen molar-refractivity contribution in [2.45, 2.75) is 52.1 Å². The molecule has 0 spiro atoms. The molecule has 1 aliphatic carbocycles. The van der Waals surface area contributed by atoms with Gasteiger partial charge in [0, 0.05) is 12.1 Å². The number of carboxylic acid groups (broad SMARTS) is 1. The molecule has 1 aliphatic heterocycles. The fourth-order valence-corrected chi connectivity index (χ4v) is 3.20. The summed E-state index contributed by atoms with van der Waals surface area (Å²) in [6.45, 7) is 7.62. The van der Waals surface area contributed by atoms with Gasteiger partial charge in [0.2, 0.25) is 0 Å². The van der Waals surface area contributed by atoms with Gasteiger partial charge < -0.3 is 5.11 Å². The number of carboxylic acids is 1. The highest BCUT2D eigenvalue weighted by atomic mass is 16.4. The Morgan fingerprint density at radius 3 is 2.40 bits per heavy atom. The molecule has 0 bridgehead atoms. The summed E-state index contributed by atoms with van der Waals surface area (Å²) in [4.78, 5) is 13.4. The Kier molecular flexibility index (Phi) is 2.53. The van der Waals surface area contributed by atoms with E-state index in [0.29, 0.717) is 11.5 Å². The smallest absolute Gasteiger partial charge is 0.308 e. The molecule has 86 valence electrons. The third-order valence-corrected chi connectivity index (χ3v) is 4.49. The average Bonchev–Trinajstić information content (AvgIpc) is 2.47. The lowest BCUT2D eigenvalue weighted by Crippen LogP contribution is -2.54. The zero-order valence-electron chi connectivity index (χ0n) is 9.86. The Morgan fingerprint density at radius 1 is 1.40 bits per heavy atom. The van der Waals surface area contributed by atoms with Crippen LogP contribution in [0.25, 0.3) is 0 Å². The topological polar surface area (TPSA) is 40.5 Å². The number of likely N-dealkylation sites (tertiary alicyclic amines) is 1. The van der Waals surface area contributed by atoms with E-state index >= 15 is 0 Å². The van der Waals surface area contributed by atoms with Gasteiger partial charge in [-0.25, -0.2) is 0 Å². The van der Waals surface area contributed by atoms with Crippen LogP contribution in [0.5, 0.6) is 0 Å². The Morgan fingerprint density at radius 2 is 2.07 bits per heavy atom. The summed E-state index contributed by atoms with van der Waals surface area (Å²) in [6, 6.07) is 0.823. The Balaban J connectivity index is 2.04. The monoisotopic (exact) mass is 211 g/mol. The first-order chi connectivity index (χ1) is 6.93. The first kappa shape index (κ1) is 10.9. The third-order valence-electron chi connectivity index (χ3n) is 4.49. The molecule has 1 N–H and O–H groups in total. The molecular formula is C12H21NO2. The van der Waals surface area contributed by atoms with Gasteiger partial charge in [-0.15, -0.1) is 0 Å². The number of rotatable bonds is 2. The van der Waals surface area contributed by atoms with E-state index in [0.717, 1.165) is 13.0 Å². The van der Waals surface area contributed by atoms with Gasteiger partial charge in [0.05, 0.1) is 5.92 Å². The second-order valence-electron chi connectivity index (χ2n) is 5.75. The largest absolute Gasteiger partial charge is 0.481 e. The van der Waals surface area contributed by atoms with E-state index in [1.165, 1.54) is 12.8 Å². The van der Waals surface area contributed by atoms with Crippen LogP contribution in [0, 0.1) is 11.3 Å². The van der Waals surface area contributed by atoms with Crippen molar-refractivity contribution in [3.8, 4) is 0 Å². The van der Waals surface area contributed by atoms with Crippen molar-refractivity contribution < 1.29 is 9.90 Å². The van der Waals surface area contributed by atoms with Gasteiger partial charge >= 0.3 is 5.97 Å². The Labute approximate surface area is 91.5 Å². The maximum atomic E-state index is 11.0. The Hall–Kier alpha value is -0.570. The van der Waals surface area contributed by atoms with Gasteiger partial charge in [-0.2, -0.15) is 0 Å². The van der Waals surface area contributed by atoms with Crippen LogP contribution < -0.4 is 0 Å². The molecule has 0 radical (unpaired) electrons. The second kappa shape index (κ2) is 3.48. The summed E-state index contributed by atoms with van der Waals surface area (Å²) in [5.41, 5.74) is 0.391. The number of carbonyl (C=O) groups is 1. The van der Waals surface area contributed by atoms with Gasteiger partial charge in [-0.05, 0) is 38.1 Å². The molecule has 0 aromatic heterocycles. The zero-order chi connectivity index (χ0) is 11.2. The van der Waals surface area contributed by atoms with E-state index in [1.54, 1.807) is 0 Å². The van der Waals surface area contributed by atoms with Gasteiger partial charge in [-0.1, -0.05) is 13.8 Å². The quantitative estimate of drug-likeness (QED) is 0.759. The van der Waals surface area contributed by atoms with E-state index < -0.39 is 5.97 Å². The fraction of sp³-hybridized carbons (Fsp3) is 0.917. The number of aliphatic carboxylic acids is 1. The van der Waals surface area contributed by atoms with Gasteiger partial charge in [0.15, 0.2) is 0 Å². The van der Waals surface area contributed by atoms with Gasteiger partial charge in [0.25, 0.3) is 0 Å². The molecule has 0 aromatic carbocycles. The molecule has 3 nitrogen and oxygen atoms in total. The lowest BCUT2D eigenvalue weighted by Gasteiger charge is -2.51. The fourth-order valence-electron chi connectivity index (χ4n) is 3.20. The van der Waals surface area contributed by atoms with E-state index in [1.807, 2.05) is 0 Å². The normalized spacial score (nSPS) is 40.1. The van der Waals surface area contributed by atoms with Crippen LogP contribution in [0.1, 0.15) is 40.0 Å². The van der Waals surface area contributed by atoms with E-state index in [4.69, 9.17) is 5.11 Å². The number of hydrogen-bond donors (Lipinski definition) is 1. The molecule has 3 heteroatoms. The van der Waals surface area contributed by atoms with Crippen LogP contribution in [-0.4, -0.2) is 34.6 Å². The van der Waals surface area contributed by atoms with Crippen molar-refractivity contribution in [1.82, 2.24) is 4.90 Å². The standard InChI is InChI=1S/C12H21NO2/c1-8-9(11(14)15)5-7-13(8)10-4-6-12(10,2)3/h8-10H,4-7H2,1-3H3,(H,14,15). The highest BCUT2D eigenvalue weighted by Gasteiger charge is 2.48. The number of hydrogen-bond acceptors (Lipinski definition) is 2. The molecular weight excluding hydrogens is 190 g/mol. The molecule has 1 heterocycles. The predicted molar refractivity (Wildman–Crippen MR) is 58.7 cm³/mol. The highest BCUT2D eigenvalue weighted by molar-refractivity contribution is 5.71. The summed E-state index contributed by atoms with van der Waals surface area (Å²) >= 11 is 0. The van der Waals surface area contributed by atoms with Crippen molar-refractivity contribution in [1.29, 1.82) is 0 Å². The van der Waals surface area contributed by atoms with Gasteiger partial charge in [-0.3, -0.25) is 9.69 Å². The average molecular weight is 211 g/mol. The first-order valence-electron chi connectivity index (χ1n) is 5.92. The van der Waals surface area contributed by atoms with Crippen molar-refractivity contribution in [3.05, 3.63) is 0 Å². The van der Waals surface area contributed by atoms with Crippen LogP contribution in [-0.2, 0) is 4.79 Å². The van der Waals surface area contributed by atoms with E-state index in [-0.39, 0.29) is 12.0 Å². The van der Waals surface area contributed by atoms with Crippen molar-refractivity contribution in [2.24, 2.45) is 11.3 Å². The zero-order valence-corrected chi connectivity index (χ0v) is 9.86. The maximum Gasteiger partial charge on any atom is 0.308 e. The molecule has 15 heavy (non-hydrogen) atoms. The lowest BCUT2D eigenvalue weighted by atomic mass is 9.66. The second-order valence-corrected chi connectivity index (χ2v) is 5.75. The molecule has 0 aromatic rings. The minimum Gasteiger partial charge on any atom is -0.481 e. The van der Waals surface area contributed by atoms with Crippen LogP contribution >= 0.6 is 0 Å². The molecule has 2 fully saturated rings. The van der Waals surface area contributed by atoms with Crippen molar-refractivity contribution >= 4 is 5.97 Å². The minimum atomic E-state index is -0.623. The number of nitrogens with zero attached hydrogens (tertiary/aromatic N) is 1. The summed E-state index contributed by atoms with van der Waals surface area (Å²) < 4.78 is 0. The van der Waals surface area contributed by atoms with E-state index in [9.17, 15) is 4.79 Å². The first-order valence-corrected chi connectivity index (χ1v) is 5.92. The Bertz CT molecular complexity index is 275. The summed E-state index contributed by atoms with van der Waals surface area (Å²) in [5.74, 6) is -0.775. The maximum absolute atomic E-state index is 11.0. The van der Waals surface area contributed by atoms with Crippen molar-refractivity contribution in [2.75, 3.05) is 6.54 Å². The summed E-state index contributed by atoms with van der Waals surface area (Å²) in [5, 5.41) is 9.08. The highest BCUT2D eigenvalue weighted by Crippen LogP contribution is 2.46. The molecule has 0 amide bonds. The SMILES string of the molecule is CC1C(C(=O)O)CCN1C1CCC1(C)C. The van der Waals surface area contributed by atoms with Crippen LogP contribution in [0.2, 0.25) is 0 Å². The third kappa shape index (κ3) is 1.67. The van der Waals surface area contributed by atoms with Crippen molar-refractivity contribution in [3.63, 3.8) is 0 Å². The summed E-state index contributed by atoms with van der Waals surface area (Å²) in [7, 11) is 0. The predicted octanol–water partition coefficient (Wildman–Crippen LogP) is 1.97. The van der Waals surface area contributed by atoms with Crippen LogP contribution in [0.4, 0.5) is 0 Å². The molecule has 1 saturated heterocycles. The van der Waals surface area contributed by atoms with Crippen LogP contribution in [0.3, 0.4) is 0 Å². The van der Waals surface area contributed by atoms with E-state index in [2.05, 4.69) is 25.7 Å². The van der Waals surface area contributed by atoms with Gasteiger partial charge in [0.1, 0.15) is 0 Å². The minimum absolute atomic E-state index is 0.151.